The minimum absolute atomic E-state index is 0.159. The van der Waals surface area contributed by atoms with Crippen LogP contribution in [0.25, 0.3) is 0 Å². The quantitative estimate of drug-likeness (QED) is 0.560. The molecule has 1 aliphatic heterocycles. The van der Waals surface area contributed by atoms with Crippen LogP contribution in [-0.2, 0) is 14.3 Å². The Balaban J connectivity index is 2.28. The zero-order valence-electron chi connectivity index (χ0n) is 6.12. The van der Waals surface area contributed by atoms with Crippen molar-refractivity contribution in [2.45, 2.75) is 12.5 Å². The minimum Gasteiger partial charge on any atom is -0.430 e. The number of hydrogen-bond acceptors (Lipinski definition) is 4. The topological polar surface area (TPSA) is 64.6 Å². The molecule has 1 fully saturated rings. The monoisotopic (exact) mass is 159 g/mol. The lowest BCUT2D eigenvalue weighted by atomic mass is 10.2. The van der Waals surface area contributed by atoms with Crippen molar-refractivity contribution in [2.75, 3.05) is 13.7 Å². The van der Waals surface area contributed by atoms with Gasteiger partial charge < -0.3 is 14.8 Å². The third kappa shape index (κ3) is 2.10. The van der Waals surface area contributed by atoms with Gasteiger partial charge >= 0.3 is 6.16 Å². The van der Waals surface area contributed by atoms with Gasteiger partial charge in [-0.2, -0.15) is 0 Å². The van der Waals surface area contributed by atoms with Crippen LogP contribution in [0.5, 0.6) is 0 Å². The van der Waals surface area contributed by atoms with Gasteiger partial charge in [-0.3, -0.25) is 4.79 Å². The summed E-state index contributed by atoms with van der Waals surface area (Å²) in [7, 11) is 1.53. The highest BCUT2D eigenvalue weighted by Crippen LogP contribution is 2.08. The molecule has 0 aliphatic carbocycles. The Labute approximate surface area is 63.7 Å². The fourth-order valence-corrected chi connectivity index (χ4v) is 0.775. The predicted octanol–water partition coefficient (Wildman–Crippen LogP) is -0.342. The van der Waals surface area contributed by atoms with Gasteiger partial charge in [0.15, 0.2) is 0 Å². The summed E-state index contributed by atoms with van der Waals surface area (Å²) in [6.07, 6.45) is -0.941. The lowest BCUT2D eigenvalue weighted by molar-refractivity contribution is -0.122. The molecule has 11 heavy (non-hydrogen) atoms. The molecule has 0 radical (unpaired) electrons. The van der Waals surface area contributed by atoms with Gasteiger partial charge in [-0.1, -0.05) is 0 Å². The van der Waals surface area contributed by atoms with E-state index in [1.165, 1.54) is 7.05 Å². The van der Waals surface area contributed by atoms with Gasteiger partial charge in [0, 0.05) is 7.05 Å². The number of cyclic esters (lactones) is 2. The number of rotatable bonds is 2. The van der Waals surface area contributed by atoms with Crippen LogP contribution in [0.4, 0.5) is 4.79 Å². The standard InChI is InChI=1S/C6H9NO4/c1-7-5(8)2-4-3-10-6(9)11-4/h4H,2-3H2,1H3,(H,7,8). The van der Waals surface area contributed by atoms with Gasteiger partial charge in [0.25, 0.3) is 0 Å². The zero-order valence-corrected chi connectivity index (χ0v) is 6.12. The number of carbonyl (C=O) groups is 2. The molecule has 0 bridgehead atoms. The van der Waals surface area contributed by atoms with E-state index in [1.807, 2.05) is 0 Å². The molecular formula is C6H9NO4. The number of carbonyl (C=O) groups excluding carboxylic acids is 2. The maximum Gasteiger partial charge on any atom is 0.508 e. The van der Waals surface area contributed by atoms with Gasteiger partial charge in [-0.25, -0.2) is 4.79 Å². The molecule has 5 nitrogen and oxygen atoms in total. The first-order valence-corrected chi connectivity index (χ1v) is 3.26. The summed E-state index contributed by atoms with van der Waals surface area (Å²) in [5.41, 5.74) is 0. The maximum absolute atomic E-state index is 10.7. The van der Waals surface area contributed by atoms with Crippen LogP contribution in [0.1, 0.15) is 6.42 Å². The van der Waals surface area contributed by atoms with Crippen molar-refractivity contribution in [1.82, 2.24) is 5.32 Å². The minimum atomic E-state index is -0.695. The first-order valence-electron chi connectivity index (χ1n) is 3.26. The number of ether oxygens (including phenoxy) is 2. The number of hydrogen-bond donors (Lipinski definition) is 1. The third-order valence-corrected chi connectivity index (χ3v) is 1.34. The molecule has 1 heterocycles. The summed E-state index contributed by atoms with van der Waals surface area (Å²) in [6, 6.07) is 0. The van der Waals surface area contributed by atoms with Crippen LogP contribution in [-0.4, -0.2) is 31.8 Å². The van der Waals surface area contributed by atoms with Gasteiger partial charge in [0.05, 0.1) is 6.42 Å². The third-order valence-electron chi connectivity index (χ3n) is 1.34. The van der Waals surface area contributed by atoms with Crippen LogP contribution in [0, 0.1) is 0 Å². The molecule has 62 valence electrons. The first-order chi connectivity index (χ1) is 5.22. The van der Waals surface area contributed by atoms with Crippen molar-refractivity contribution < 1.29 is 19.1 Å². The van der Waals surface area contributed by atoms with Gasteiger partial charge in [-0.05, 0) is 0 Å². The van der Waals surface area contributed by atoms with Crippen molar-refractivity contribution in [3.8, 4) is 0 Å². The second-order valence-corrected chi connectivity index (χ2v) is 2.18. The molecule has 0 aromatic carbocycles. The molecule has 1 aliphatic rings. The Bertz CT molecular complexity index is 179. The molecule has 1 N–H and O–H groups in total. The SMILES string of the molecule is CNC(=O)CC1COC(=O)O1. The van der Waals surface area contributed by atoms with E-state index in [0.717, 1.165) is 0 Å². The first kappa shape index (κ1) is 7.84. The second-order valence-electron chi connectivity index (χ2n) is 2.18. The average Bonchev–Trinajstić information content (AvgIpc) is 2.35. The summed E-state index contributed by atoms with van der Waals surface area (Å²) in [4.78, 5) is 21.1. The number of amides is 1. The van der Waals surface area contributed by atoms with Crippen LogP contribution in [0.2, 0.25) is 0 Å². The highest BCUT2D eigenvalue weighted by molar-refractivity contribution is 5.76. The lowest BCUT2D eigenvalue weighted by Gasteiger charge is -2.03. The maximum atomic E-state index is 10.7. The fourth-order valence-electron chi connectivity index (χ4n) is 0.775. The van der Waals surface area contributed by atoms with Crippen LogP contribution in [0.15, 0.2) is 0 Å². The summed E-state index contributed by atoms with van der Waals surface area (Å²) in [6.45, 7) is 0.173. The van der Waals surface area contributed by atoms with Crippen LogP contribution >= 0.6 is 0 Å². The summed E-state index contributed by atoms with van der Waals surface area (Å²) < 4.78 is 9.08. The van der Waals surface area contributed by atoms with Crippen molar-refractivity contribution >= 4 is 12.1 Å². The number of nitrogens with one attached hydrogen (secondary N) is 1. The molecule has 1 amide bonds. The fraction of sp³-hybridized carbons (Fsp3) is 0.667. The molecule has 0 aromatic rings. The molecule has 1 saturated heterocycles. The van der Waals surface area contributed by atoms with E-state index in [2.05, 4.69) is 14.8 Å². The molecule has 0 saturated carbocycles. The van der Waals surface area contributed by atoms with Crippen LogP contribution in [0.3, 0.4) is 0 Å². The Morgan fingerprint density at radius 1 is 1.82 bits per heavy atom. The van der Waals surface area contributed by atoms with E-state index < -0.39 is 12.3 Å². The Morgan fingerprint density at radius 3 is 3.00 bits per heavy atom. The van der Waals surface area contributed by atoms with E-state index in [0.29, 0.717) is 0 Å². The van der Waals surface area contributed by atoms with Gasteiger partial charge in [-0.15, -0.1) is 0 Å². The van der Waals surface area contributed by atoms with Crippen molar-refractivity contribution in [2.24, 2.45) is 0 Å². The second kappa shape index (κ2) is 3.23. The lowest BCUT2D eigenvalue weighted by Crippen LogP contribution is -2.24. The molecule has 1 atom stereocenters. The zero-order chi connectivity index (χ0) is 8.27. The van der Waals surface area contributed by atoms with E-state index in [1.54, 1.807) is 0 Å². The van der Waals surface area contributed by atoms with Crippen LogP contribution < -0.4 is 5.32 Å². The molecule has 5 heteroatoms. The Kier molecular flexibility index (Phi) is 2.30. The summed E-state index contributed by atoms with van der Waals surface area (Å²) in [5.74, 6) is -0.159. The van der Waals surface area contributed by atoms with Gasteiger partial charge in [0.1, 0.15) is 12.7 Å². The van der Waals surface area contributed by atoms with E-state index in [4.69, 9.17) is 0 Å². The largest absolute Gasteiger partial charge is 0.508 e. The summed E-state index contributed by atoms with van der Waals surface area (Å²) >= 11 is 0. The highest BCUT2D eigenvalue weighted by Gasteiger charge is 2.26. The molecule has 1 unspecified atom stereocenters. The Morgan fingerprint density at radius 2 is 2.55 bits per heavy atom. The van der Waals surface area contributed by atoms with Crippen molar-refractivity contribution in [1.29, 1.82) is 0 Å². The predicted molar refractivity (Wildman–Crippen MR) is 34.9 cm³/mol. The molecule has 0 spiro atoms. The van der Waals surface area contributed by atoms with Crippen molar-refractivity contribution in [3.05, 3.63) is 0 Å². The molecule has 0 aromatic heterocycles. The Hall–Kier alpha value is -1.26. The summed E-state index contributed by atoms with van der Waals surface area (Å²) in [5, 5.41) is 2.42. The highest BCUT2D eigenvalue weighted by atomic mass is 16.8. The molecular weight excluding hydrogens is 150 g/mol. The average molecular weight is 159 g/mol. The molecule has 1 rings (SSSR count). The van der Waals surface area contributed by atoms with E-state index in [9.17, 15) is 9.59 Å². The van der Waals surface area contributed by atoms with E-state index >= 15 is 0 Å². The van der Waals surface area contributed by atoms with E-state index in [-0.39, 0.29) is 18.9 Å². The normalized spacial score (nSPS) is 22.3. The smallest absolute Gasteiger partial charge is 0.430 e. The van der Waals surface area contributed by atoms with Crippen molar-refractivity contribution in [3.63, 3.8) is 0 Å². The van der Waals surface area contributed by atoms with Gasteiger partial charge in [0.2, 0.25) is 5.91 Å².